The van der Waals surface area contributed by atoms with Crippen molar-refractivity contribution < 1.29 is 0 Å². The van der Waals surface area contributed by atoms with Gasteiger partial charge in [-0.3, -0.25) is 0 Å². The highest BCUT2D eigenvalue weighted by Gasteiger charge is 2.41. The second-order valence-electron chi connectivity index (χ2n) is 4.01. The van der Waals surface area contributed by atoms with Crippen LogP contribution in [-0.4, -0.2) is 6.04 Å². The van der Waals surface area contributed by atoms with Gasteiger partial charge in [0.05, 0.1) is 10.0 Å². The molecule has 1 aromatic carbocycles. The zero-order valence-electron chi connectivity index (χ0n) is 8.00. The van der Waals surface area contributed by atoms with E-state index in [0.29, 0.717) is 21.9 Å². The highest BCUT2D eigenvalue weighted by Crippen LogP contribution is 2.51. The Hall–Kier alpha value is -0.240. The minimum atomic E-state index is 0.245. The predicted octanol–water partition coefficient (Wildman–Crippen LogP) is 3.44. The maximum absolute atomic E-state index is 6.13. The topological polar surface area (TPSA) is 26.0 Å². The van der Waals surface area contributed by atoms with Crippen molar-refractivity contribution >= 4 is 23.2 Å². The minimum absolute atomic E-state index is 0.245. The molecule has 2 rings (SSSR count). The number of halogens is 2. The zero-order valence-corrected chi connectivity index (χ0v) is 9.52. The predicted molar refractivity (Wildman–Crippen MR) is 61.0 cm³/mol. The van der Waals surface area contributed by atoms with Gasteiger partial charge in [0, 0.05) is 6.04 Å². The maximum Gasteiger partial charge on any atom is 0.0627 e. The van der Waals surface area contributed by atoms with E-state index in [2.05, 4.69) is 0 Å². The van der Waals surface area contributed by atoms with Crippen LogP contribution in [-0.2, 0) is 0 Å². The van der Waals surface area contributed by atoms with Crippen molar-refractivity contribution in [2.75, 3.05) is 0 Å². The number of benzene rings is 1. The molecule has 1 aromatic rings. The molecular weight excluding hydrogens is 217 g/mol. The summed E-state index contributed by atoms with van der Waals surface area (Å²) < 4.78 is 0. The molecule has 1 nitrogen and oxygen atoms in total. The van der Waals surface area contributed by atoms with Crippen LogP contribution in [0, 0.1) is 5.92 Å². The largest absolute Gasteiger partial charge is 0.328 e. The van der Waals surface area contributed by atoms with E-state index in [4.69, 9.17) is 28.9 Å². The van der Waals surface area contributed by atoms with Gasteiger partial charge >= 0.3 is 0 Å². The molecule has 3 heteroatoms. The highest BCUT2D eigenvalue weighted by molar-refractivity contribution is 6.42. The average molecular weight is 230 g/mol. The zero-order chi connectivity index (χ0) is 10.3. The summed E-state index contributed by atoms with van der Waals surface area (Å²) in [6.07, 6.45) is 1.14. The molecule has 0 radical (unpaired) electrons. The van der Waals surface area contributed by atoms with Crippen molar-refractivity contribution in [3.8, 4) is 0 Å². The third-order valence-corrected chi connectivity index (χ3v) is 3.73. The molecule has 0 aromatic heterocycles. The SMILES string of the molecule is C[C@@H](N)[C@@H]1C[C@@H]1c1cccc(Cl)c1Cl. The van der Waals surface area contributed by atoms with Gasteiger partial charge in [0.2, 0.25) is 0 Å². The van der Waals surface area contributed by atoms with Crippen molar-refractivity contribution in [3.63, 3.8) is 0 Å². The lowest BCUT2D eigenvalue weighted by Gasteiger charge is -2.06. The lowest BCUT2D eigenvalue weighted by molar-refractivity contribution is 0.632. The maximum atomic E-state index is 6.13. The highest BCUT2D eigenvalue weighted by atomic mass is 35.5. The molecule has 0 unspecified atom stereocenters. The summed E-state index contributed by atoms with van der Waals surface area (Å²) >= 11 is 12.1. The van der Waals surface area contributed by atoms with Gasteiger partial charge < -0.3 is 5.73 Å². The Bertz CT molecular complexity index is 349. The lowest BCUT2D eigenvalue weighted by Crippen LogP contribution is -2.17. The molecule has 14 heavy (non-hydrogen) atoms. The van der Waals surface area contributed by atoms with Crippen LogP contribution in [0.4, 0.5) is 0 Å². The van der Waals surface area contributed by atoms with Crippen LogP contribution in [0.15, 0.2) is 18.2 Å². The Morgan fingerprint density at radius 2 is 2.14 bits per heavy atom. The standard InChI is InChI=1S/C11H13Cl2N/c1-6(14)8-5-9(8)7-3-2-4-10(12)11(7)13/h2-4,6,8-9H,5,14H2,1H3/t6-,8+,9-/m1/s1. The van der Waals surface area contributed by atoms with E-state index in [1.807, 2.05) is 25.1 Å². The smallest absolute Gasteiger partial charge is 0.0627 e. The Labute approximate surface area is 94.2 Å². The van der Waals surface area contributed by atoms with E-state index in [1.54, 1.807) is 0 Å². The van der Waals surface area contributed by atoms with E-state index in [9.17, 15) is 0 Å². The Morgan fingerprint density at radius 1 is 1.43 bits per heavy atom. The van der Waals surface area contributed by atoms with Gasteiger partial charge in [0.25, 0.3) is 0 Å². The number of rotatable bonds is 2. The van der Waals surface area contributed by atoms with Crippen molar-refractivity contribution in [1.82, 2.24) is 0 Å². The van der Waals surface area contributed by atoms with Crippen LogP contribution in [0.2, 0.25) is 10.0 Å². The van der Waals surface area contributed by atoms with Gasteiger partial charge in [-0.05, 0) is 36.8 Å². The van der Waals surface area contributed by atoms with Crippen molar-refractivity contribution in [2.45, 2.75) is 25.3 Å². The van der Waals surface area contributed by atoms with E-state index in [-0.39, 0.29) is 6.04 Å². The second-order valence-corrected chi connectivity index (χ2v) is 4.79. The molecule has 1 aliphatic rings. The summed E-state index contributed by atoms with van der Waals surface area (Å²) in [5, 5.41) is 1.34. The van der Waals surface area contributed by atoms with Gasteiger partial charge in [0.15, 0.2) is 0 Å². The van der Waals surface area contributed by atoms with Gasteiger partial charge in [-0.2, -0.15) is 0 Å². The second kappa shape index (κ2) is 3.73. The Balaban J connectivity index is 2.23. The molecule has 3 atom stereocenters. The summed E-state index contributed by atoms with van der Waals surface area (Å²) in [4.78, 5) is 0. The van der Waals surface area contributed by atoms with E-state index >= 15 is 0 Å². The molecule has 76 valence electrons. The normalized spacial score (nSPS) is 27.4. The summed E-state index contributed by atoms with van der Waals surface area (Å²) in [5.74, 6) is 1.09. The first-order chi connectivity index (χ1) is 6.61. The molecule has 1 saturated carbocycles. The van der Waals surface area contributed by atoms with Crippen LogP contribution in [0.1, 0.15) is 24.8 Å². The Kier molecular flexibility index (Phi) is 2.74. The van der Waals surface area contributed by atoms with E-state index in [0.717, 1.165) is 12.0 Å². The van der Waals surface area contributed by atoms with Gasteiger partial charge in [-0.1, -0.05) is 35.3 Å². The Morgan fingerprint density at radius 3 is 2.71 bits per heavy atom. The van der Waals surface area contributed by atoms with Crippen molar-refractivity contribution in [3.05, 3.63) is 33.8 Å². The molecule has 0 saturated heterocycles. The molecule has 0 bridgehead atoms. The van der Waals surface area contributed by atoms with E-state index in [1.165, 1.54) is 0 Å². The van der Waals surface area contributed by atoms with Crippen molar-refractivity contribution in [2.24, 2.45) is 11.7 Å². The van der Waals surface area contributed by atoms with Gasteiger partial charge in [-0.25, -0.2) is 0 Å². The van der Waals surface area contributed by atoms with Gasteiger partial charge in [-0.15, -0.1) is 0 Å². The number of hydrogen-bond donors (Lipinski definition) is 1. The minimum Gasteiger partial charge on any atom is -0.328 e. The van der Waals surface area contributed by atoms with Gasteiger partial charge in [0.1, 0.15) is 0 Å². The average Bonchev–Trinajstić information content (AvgIpc) is 2.89. The molecule has 1 aliphatic carbocycles. The first-order valence-electron chi connectivity index (χ1n) is 4.80. The third kappa shape index (κ3) is 1.77. The summed E-state index contributed by atoms with van der Waals surface area (Å²) in [6.45, 7) is 2.04. The molecule has 1 fully saturated rings. The summed E-state index contributed by atoms with van der Waals surface area (Å²) in [7, 11) is 0. The van der Waals surface area contributed by atoms with Crippen LogP contribution in [0.25, 0.3) is 0 Å². The number of nitrogens with two attached hydrogens (primary N) is 1. The third-order valence-electron chi connectivity index (χ3n) is 2.90. The first-order valence-corrected chi connectivity index (χ1v) is 5.56. The van der Waals surface area contributed by atoms with Crippen LogP contribution < -0.4 is 5.73 Å². The monoisotopic (exact) mass is 229 g/mol. The fraction of sp³-hybridized carbons (Fsp3) is 0.455. The lowest BCUT2D eigenvalue weighted by atomic mass is 10.1. The fourth-order valence-electron chi connectivity index (χ4n) is 1.96. The summed E-state index contributed by atoms with van der Waals surface area (Å²) in [6, 6.07) is 6.05. The molecule has 2 N–H and O–H groups in total. The summed E-state index contributed by atoms with van der Waals surface area (Å²) in [5.41, 5.74) is 6.99. The number of hydrogen-bond acceptors (Lipinski definition) is 1. The fourth-order valence-corrected chi connectivity index (χ4v) is 2.41. The molecule has 0 aliphatic heterocycles. The first kappa shape index (κ1) is 10.3. The molecular formula is C11H13Cl2N. The van der Waals surface area contributed by atoms with Crippen molar-refractivity contribution in [1.29, 1.82) is 0 Å². The van der Waals surface area contributed by atoms with Crippen LogP contribution >= 0.6 is 23.2 Å². The molecule has 0 heterocycles. The quantitative estimate of drug-likeness (QED) is 0.827. The molecule has 0 amide bonds. The van der Waals surface area contributed by atoms with Crippen LogP contribution in [0.5, 0.6) is 0 Å². The van der Waals surface area contributed by atoms with Crippen LogP contribution in [0.3, 0.4) is 0 Å². The molecule has 0 spiro atoms. The van der Waals surface area contributed by atoms with E-state index < -0.39 is 0 Å².